The van der Waals surface area contributed by atoms with E-state index in [2.05, 4.69) is 0 Å². The number of esters is 1. The highest BCUT2D eigenvalue weighted by Gasteiger charge is 2.48. The molecule has 136 valence electrons. The Morgan fingerprint density at radius 2 is 1.69 bits per heavy atom. The van der Waals surface area contributed by atoms with Crippen LogP contribution in [0, 0.1) is 12.8 Å². The van der Waals surface area contributed by atoms with Gasteiger partial charge in [-0.25, -0.2) is 0 Å². The fourth-order valence-corrected chi connectivity index (χ4v) is 3.36. The Morgan fingerprint density at radius 3 is 2.31 bits per heavy atom. The number of carbonyl (C=O) groups excluding carboxylic acids is 2. The van der Waals surface area contributed by atoms with Crippen molar-refractivity contribution < 1.29 is 14.3 Å². The normalized spacial score (nSPS) is 16.5. The predicted molar refractivity (Wildman–Crippen MR) is 102 cm³/mol. The van der Waals surface area contributed by atoms with Crippen LogP contribution in [0.1, 0.15) is 50.6 Å². The molecule has 0 radical (unpaired) electrons. The lowest BCUT2D eigenvalue weighted by molar-refractivity contribution is -0.154. The summed E-state index contributed by atoms with van der Waals surface area (Å²) < 4.78 is 5.82. The third-order valence-corrected chi connectivity index (χ3v) is 4.92. The molecule has 2 aromatic rings. The van der Waals surface area contributed by atoms with Gasteiger partial charge in [0.05, 0.1) is 17.0 Å². The summed E-state index contributed by atoms with van der Waals surface area (Å²) in [6, 6.07) is 15.4. The maximum atomic E-state index is 13.3. The first-order valence-corrected chi connectivity index (χ1v) is 8.94. The fourth-order valence-electron chi connectivity index (χ4n) is 3.36. The zero-order valence-corrected chi connectivity index (χ0v) is 15.9. The molecule has 4 nitrogen and oxygen atoms in total. The number of fused-ring (bicyclic) bond motifs is 1. The van der Waals surface area contributed by atoms with Crippen molar-refractivity contribution in [2.45, 2.75) is 46.3 Å². The summed E-state index contributed by atoms with van der Waals surface area (Å²) in [5.74, 6) is -0.665. The van der Waals surface area contributed by atoms with Crippen molar-refractivity contribution in [3.63, 3.8) is 0 Å². The number of hydrogen-bond donors (Lipinski definition) is 0. The van der Waals surface area contributed by atoms with Crippen LogP contribution < -0.4 is 4.90 Å². The van der Waals surface area contributed by atoms with E-state index in [9.17, 15) is 9.59 Å². The smallest absolute Gasteiger partial charge is 0.310 e. The van der Waals surface area contributed by atoms with Gasteiger partial charge in [-0.05, 0) is 31.9 Å². The molecule has 2 aromatic carbocycles. The Hall–Kier alpha value is -2.62. The van der Waals surface area contributed by atoms with Gasteiger partial charge in [-0.3, -0.25) is 14.5 Å². The molecule has 0 saturated carbocycles. The number of aryl methyl sites for hydroxylation is 1. The van der Waals surface area contributed by atoms with E-state index in [0.717, 1.165) is 22.4 Å². The van der Waals surface area contributed by atoms with E-state index in [1.165, 1.54) is 0 Å². The van der Waals surface area contributed by atoms with Crippen LogP contribution in [0.4, 0.5) is 5.69 Å². The number of anilines is 1. The van der Waals surface area contributed by atoms with Crippen molar-refractivity contribution in [1.82, 2.24) is 0 Å². The van der Waals surface area contributed by atoms with Gasteiger partial charge in [-0.1, -0.05) is 62.4 Å². The summed E-state index contributed by atoms with van der Waals surface area (Å²) in [7, 11) is 0. The summed E-state index contributed by atoms with van der Waals surface area (Å²) >= 11 is 0. The average molecular weight is 351 g/mol. The van der Waals surface area contributed by atoms with Crippen LogP contribution in [0.2, 0.25) is 0 Å². The van der Waals surface area contributed by atoms with Crippen molar-refractivity contribution in [3.05, 3.63) is 65.2 Å². The van der Waals surface area contributed by atoms with Crippen molar-refractivity contribution in [1.29, 1.82) is 0 Å². The van der Waals surface area contributed by atoms with Gasteiger partial charge < -0.3 is 4.74 Å². The van der Waals surface area contributed by atoms with Crippen molar-refractivity contribution >= 4 is 17.6 Å². The van der Waals surface area contributed by atoms with Gasteiger partial charge in [0, 0.05) is 5.56 Å². The number of carbonyl (C=O) groups is 2. The van der Waals surface area contributed by atoms with Gasteiger partial charge in [0.2, 0.25) is 12.1 Å². The van der Waals surface area contributed by atoms with E-state index in [1.54, 1.807) is 18.7 Å². The molecule has 3 rings (SSSR count). The maximum Gasteiger partial charge on any atom is 0.310 e. The second kappa shape index (κ2) is 6.60. The van der Waals surface area contributed by atoms with Gasteiger partial charge in [-0.2, -0.15) is 0 Å². The molecular formula is C22H25NO3. The molecule has 0 aromatic heterocycles. The Morgan fingerprint density at radius 1 is 1.04 bits per heavy atom. The Kier molecular flexibility index (Phi) is 4.61. The number of benzene rings is 2. The van der Waals surface area contributed by atoms with Crippen molar-refractivity contribution in [2.24, 2.45) is 5.92 Å². The largest absolute Gasteiger partial charge is 0.436 e. The zero-order valence-electron chi connectivity index (χ0n) is 15.9. The lowest BCUT2D eigenvalue weighted by atomic mass is 9.85. The number of ether oxygens (including phenoxy) is 1. The number of amides is 1. The molecule has 0 bridgehead atoms. The second-order valence-electron chi connectivity index (χ2n) is 7.63. The van der Waals surface area contributed by atoms with Crippen LogP contribution in [0.25, 0.3) is 0 Å². The summed E-state index contributed by atoms with van der Waals surface area (Å²) in [5, 5.41) is 0. The molecule has 1 atom stereocenters. The molecule has 1 amide bonds. The predicted octanol–water partition coefficient (Wildman–Crippen LogP) is 4.52. The summed E-state index contributed by atoms with van der Waals surface area (Å²) in [6.07, 6.45) is -0.778. The van der Waals surface area contributed by atoms with E-state index in [-0.39, 0.29) is 17.8 Å². The summed E-state index contributed by atoms with van der Waals surface area (Å²) in [6.45, 7) is 9.39. The number of para-hydroxylation sites is 1. The van der Waals surface area contributed by atoms with Gasteiger partial charge in [0.25, 0.3) is 0 Å². The summed E-state index contributed by atoms with van der Waals surface area (Å²) in [4.78, 5) is 27.4. The molecule has 0 fully saturated rings. The molecule has 4 heteroatoms. The Labute approximate surface area is 154 Å². The SMILES string of the molecule is Cc1cccc2c1N(C(OC(=O)C(C)C)c1ccccc1)C(=O)C2(C)C. The van der Waals surface area contributed by atoms with Gasteiger partial charge in [-0.15, -0.1) is 0 Å². The monoisotopic (exact) mass is 351 g/mol. The highest BCUT2D eigenvalue weighted by molar-refractivity contribution is 6.08. The minimum absolute atomic E-state index is 0.0628. The maximum absolute atomic E-state index is 13.3. The van der Waals surface area contributed by atoms with Crippen molar-refractivity contribution in [2.75, 3.05) is 4.90 Å². The van der Waals surface area contributed by atoms with E-state index in [1.807, 2.05) is 69.3 Å². The molecule has 0 aliphatic carbocycles. The molecule has 26 heavy (non-hydrogen) atoms. The minimum atomic E-state index is -0.778. The topological polar surface area (TPSA) is 46.6 Å². The lowest BCUT2D eigenvalue weighted by Gasteiger charge is -2.31. The third kappa shape index (κ3) is 2.90. The van der Waals surface area contributed by atoms with Crippen LogP contribution in [0.15, 0.2) is 48.5 Å². The van der Waals surface area contributed by atoms with Crippen LogP contribution >= 0.6 is 0 Å². The van der Waals surface area contributed by atoms with Crippen LogP contribution in [0.3, 0.4) is 0 Å². The van der Waals surface area contributed by atoms with E-state index in [0.29, 0.717) is 0 Å². The molecular weight excluding hydrogens is 326 g/mol. The van der Waals surface area contributed by atoms with E-state index in [4.69, 9.17) is 4.74 Å². The molecule has 1 aliphatic heterocycles. The number of hydrogen-bond acceptors (Lipinski definition) is 3. The first kappa shape index (κ1) is 18.2. The van der Waals surface area contributed by atoms with Crippen LogP contribution in [-0.4, -0.2) is 11.9 Å². The van der Waals surface area contributed by atoms with Gasteiger partial charge in [0.1, 0.15) is 0 Å². The first-order valence-electron chi connectivity index (χ1n) is 8.94. The third-order valence-electron chi connectivity index (χ3n) is 4.92. The molecule has 0 saturated heterocycles. The molecule has 1 aliphatic rings. The molecule has 1 unspecified atom stereocenters. The van der Waals surface area contributed by atoms with Crippen LogP contribution in [-0.2, 0) is 19.7 Å². The van der Waals surface area contributed by atoms with E-state index < -0.39 is 11.6 Å². The quantitative estimate of drug-likeness (QED) is 0.761. The number of nitrogens with zero attached hydrogens (tertiary/aromatic N) is 1. The summed E-state index contributed by atoms with van der Waals surface area (Å²) in [5.41, 5.74) is 2.90. The first-order chi connectivity index (χ1) is 12.2. The lowest BCUT2D eigenvalue weighted by Crippen LogP contribution is -2.41. The fraction of sp³-hybridized carbons (Fsp3) is 0.364. The molecule has 0 N–H and O–H groups in total. The highest BCUT2D eigenvalue weighted by atomic mass is 16.6. The van der Waals surface area contributed by atoms with E-state index >= 15 is 0 Å². The second-order valence-corrected chi connectivity index (χ2v) is 7.63. The molecule has 1 heterocycles. The number of rotatable bonds is 4. The molecule has 0 spiro atoms. The van der Waals surface area contributed by atoms with Crippen LogP contribution in [0.5, 0.6) is 0 Å². The standard InChI is InChI=1S/C22H25NO3/c1-14(2)20(24)26-19(16-11-7-6-8-12-16)23-18-15(3)10-9-13-17(18)22(4,5)21(23)25/h6-14,19H,1-5H3. The van der Waals surface area contributed by atoms with Crippen molar-refractivity contribution in [3.8, 4) is 0 Å². The van der Waals surface area contributed by atoms with Gasteiger partial charge >= 0.3 is 5.97 Å². The van der Waals surface area contributed by atoms with Gasteiger partial charge in [0.15, 0.2) is 0 Å². The Bertz CT molecular complexity index is 840. The minimum Gasteiger partial charge on any atom is -0.436 e. The zero-order chi connectivity index (χ0) is 19.1. The Balaban J connectivity index is 2.16. The average Bonchev–Trinajstić information content (AvgIpc) is 2.81. The highest BCUT2D eigenvalue weighted by Crippen LogP contribution is 2.47.